The first kappa shape index (κ1) is 15.4. The molecule has 0 aromatic carbocycles. The van der Waals surface area contributed by atoms with E-state index in [0.717, 1.165) is 11.8 Å². The Kier molecular flexibility index (Phi) is 3.87. The molecule has 5 aliphatic rings. The average molecular weight is 320 g/mol. The SMILES string of the molecule is NC(=O)C1(CNC(=O)C2C3CC4CC(C3)CC2C4)CCOCC1. The summed E-state index contributed by atoms with van der Waals surface area (Å²) in [7, 11) is 0. The maximum Gasteiger partial charge on any atom is 0.225 e. The number of nitrogens with two attached hydrogens (primary N) is 1. The van der Waals surface area contributed by atoms with E-state index in [-0.39, 0.29) is 17.7 Å². The zero-order valence-corrected chi connectivity index (χ0v) is 13.8. The van der Waals surface area contributed by atoms with Gasteiger partial charge >= 0.3 is 0 Å². The molecule has 5 nitrogen and oxygen atoms in total. The van der Waals surface area contributed by atoms with Crippen molar-refractivity contribution in [3.63, 3.8) is 0 Å². The van der Waals surface area contributed by atoms with Crippen molar-refractivity contribution in [2.75, 3.05) is 19.8 Å². The van der Waals surface area contributed by atoms with E-state index in [0.29, 0.717) is 44.4 Å². The number of carbonyl (C=O) groups excluding carboxylic acids is 2. The van der Waals surface area contributed by atoms with Crippen LogP contribution in [0.4, 0.5) is 0 Å². The Bertz CT molecular complexity index is 470. The third-order valence-corrected chi connectivity index (χ3v) is 7.10. The minimum atomic E-state index is -0.611. The highest BCUT2D eigenvalue weighted by Gasteiger charge is 2.51. The molecule has 5 fully saturated rings. The molecule has 2 amide bonds. The maximum atomic E-state index is 12.8. The quantitative estimate of drug-likeness (QED) is 0.823. The molecule has 0 spiro atoms. The highest BCUT2D eigenvalue weighted by molar-refractivity contribution is 5.84. The average Bonchev–Trinajstić information content (AvgIpc) is 2.52. The summed E-state index contributed by atoms with van der Waals surface area (Å²) in [6.45, 7) is 1.49. The topological polar surface area (TPSA) is 81.4 Å². The molecular formula is C18H28N2O3. The Labute approximate surface area is 137 Å². The van der Waals surface area contributed by atoms with E-state index in [1.165, 1.54) is 32.1 Å². The van der Waals surface area contributed by atoms with E-state index < -0.39 is 5.41 Å². The van der Waals surface area contributed by atoms with E-state index in [1.807, 2.05) is 0 Å². The monoisotopic (exact) mass is 320 g/mol. The Morgan fingerprint density at radius 1 is 1.00 bits per heavy atom. The van der Waals surface area contributed by atoms with Gasteiger partial charge in [0.05, 0.1) is 5.41 Å². The van der Waals surface area contributed by atoms with Crippen molar-refractivity contribution in [3.8, 4) is 0 Å². The van der Waals surface area contributed by atoms with Gasteiger partial charge in [0.15, 0.2) is 0 Å². The van der Waals surface area contributed by atoms with Crippen LogP contribution in [0.25, 0.3) is 0 Å². The summed E-state index contributed by atoms with van der Waals surface area (Å²) in [6.07, 6.45) is 7.57. The van der Waals surface area contributed by atoms with Gasteiger partial charge in [-0.15, -0.1) is 0 Å². The third-order valence-electron chi connectivity index (χ3n) is 7.10. The van der Waals surface area contributed by atoms with Gasteiger partial charge in [0.25, 0.3) is 0 Å². The molecule has 0 unspecified atom stereocenters. The van der Waals surface area contributed by atoms with Crippen molar-refractivity contribution in [2.45, 2.75) is 44.9 Å². The molecule has 5 rings (SSSR count). The number of amides is 2. The number of primary amides is 1. The Hall–Kier alpha value is -1.10. The molecule has 0 aromatic rings. The fourth-order valence-electron chi connectivity index (χ4n) is 6.00. The fourth-order valence-corrected chi connectivity index (χ4v) is 6.00. The lowest BCUT2D eigenvalue weighted by Crippen LogP contribution is -2.54. The molecule has 1 heterocycles. The van der Waals surface area contributed by atoms with Gasteiger partial charge < -0.3 is 15.8 Å². The lowest BCUT2D eigenvalue weighted by atomic mass is 9.51. The van der Waals surface area contributed by atoms with Crippen LogP contribution in [0.15, 0.2) is 0 Å². The second-order valence-corrected chi connectivity index (χ2v) is 8.43. The first-order valence-corrected chi connectivity index (χ1v) is 9.23. The summed E-state index contributed by atoms with van der Waals surface area (Å²) in [6, 6.07) is 0. The van der Waals surface area contributed by atoms with E-state index in [1.54, 1.807) is 0 Å². The molecule has 0 radical (unpaired) electrons. The summed E-state index contributed by atoms with van der Waals surface area (Å²) in [5, 5.41) is 3.11. The van der Waals surface area contributed by atoms with E-state index in [4.69, 9.17) is 10.5 Å². The van der Waals surface area contributed by atoms with Crippen LogP contribution < -0.4 is 11.1 Å². The zero-order valence-electron chi connectivity index (χ0n) is 13.8. The molecule has 5 heteroatoms. The van der Waals surface area contributed by atoms with Gasteiger partial charge in [-0.1, -0.05) is 0 Å². The summed E-state index contributed by atoms with van der Waals surface area (Å²) >= 11 is 0. The first-order valence-electron chi connectivity index (χ1n) is 9.23. The van der Waals surface area contributed by atoms with Crippen LogP contribution in [0.1, 0.15) is 44.9 Å². The van der Waals surface area contributed by atoms with Crippen molar-refractivity contribution in [3.05, 3.63) is 0 Å². The molecular weight excluding hydrogens is 292 g/mol. The molecule has 1 aliphatic heterocycles. The van der Waals surface area contributed by atoms with Crippen molar-refractivity contribution in [1.82, 2.24) is 5.32 Å². The van der Waals surface area contributed by atoms with Gasteiger partial charge in [-0.3, -0.25) is 9.59 Å². The Morgan fingerprint density at radius 3 is 2.09 bits per heavy atom. The predicted octanol–water partition coefficient (Wildman–Crippen LogP) is 1.46. The lowest BCUT2D eigenvalue weighted by molar-refractivity contribution is -0.140. The summed E-state index contributed by atoms with van der Waals surface area (Å²) < 4.78 is 5.35. The number of nitrogens with one attached hydrogen (secondary N) is 1. The zero-order chi connectivity index (χ0) is 16.0. The van der Waals surface area contributed by atoms with Crippen LogP contribution >= 0.6 is 0 Å². The van der Waals surface area contributed by atoms with Gasteiger partial charge in [0.1, 0.15) is 0 Å². The van der Waals surface area contributed by atoms with Gasteiger partial charge in [-0.25, -0.2) is 0 Å². The van der Waals surface area contributed by atoms with Gasteiger partial charge in [0, 0.05) is 25.7 Å². The predicted molar refractivity (Wildman–Crippen MR) is 85.2 cm³/mol. The number of hydrogen-bond donors (Lipinski definition) is 2. The number of rotatable bonds is 4. The van der Waals surface area contributed by atoms with Crippen LogP contribution in [-0.4, -0.2) is 31.6 Å². The Morgan fingerprint density at radius 2 is 1.57 bits per heavy atom. The van der Waals surface area contributed by atoms with Crippen molar-refractivity contribution in [2.24, 2.45) is 40.7 Å². The van der Waals surface area contributed by atoms with Gasteiger partial charge in [-0.2, -0.15) is 0 Å². The maximum absolute atomic E-state index is 12.8. The molecule has 4 aliphatic carbocycles. The minimum absolute atomic E-state index is 0.172. The smallest absolute Gasteiger partial charge is 0.225 e. The van der Waals surface area contributed by atoms with Gasteiger partial charge in [0.2, 0.25) is 11.8 Å². The fraction of sp³-hybridized carbons (Fsp3) is 0.889. The van der Waals surface area contributed by atoms with Crippen LogP contribution in [0.2, 0.25) is 0 Å². The normalized spacial score (nSPS) is 40.8. The highest BCUT2D eigenvalue weighted by Crippen LogP contribution is 2.56. The second kappa shape index (κ2) is 5.76. The first-order chi connectivity index (χ1) is 11.1. The molecule has 3 N–H and O–H groups in total. The van der Waals surface area contributed by atoms with Crippen molar-refractivity contribution >= 4 is 11.8 Å². The van der Waals surface area contributed by atoms with Gasteiger partial charge in [-0.05, 0) is 68.6 Å². The largest absolute Gasteiger partial charge is 0.381 e. The highest BCUT2D eigenvalue weighted by atomic mass is 16.5. The third kappa shape index (κ3) is 2.67. The summed E-state index contributed by atoms with van der Waals surface area (Å²) in [5.41, 5.74) is 5.03. The summed E-state index contributed by atoms with van der Waals surface area (Å²) in [5.74, 6) is 2.93. The molecule has 4 saturated carbocycles. The number of ether oxygens (including phenoxy) is 1. The molecule has 1 saturated heterocycles. The standard InChI is InChI=1S/C18H28N2O3/c19-17(22)18(1-3-23-4-2-18)10-20-16(21)15-13-6-11-5-12(8-13)9-14(15)7-11/h11-15H,1-10H2,(H2,19,22)(H,20,21). The van der Waals surface area contributed by atoms with E-state index >= 15 is 0 Å². The van der Waals surface area contributed by atoms with Crippen molar-refractivity contribution < 1.29 is 14.3 Å². The van der Waals surface area contributed by atoms with Crippen LogP contribution in [0.5, 0.6) is 0 Å². The molecule has 0 aromatic heterocycles. The lowest BCUT2D eigenvalue weighted by Gasteiger charge is -2.53. The second-order valence-electron chi connectivity index (χ2n) is 8.43. The summed E-state index contributed by atoms with van der Waals surface area (Å²) in [4.78, 5) is 24.8. The van der Waals surface area contributed by atoms with Crippen LogP contribution in [-0.2, 0) is 14.3 Å². The molecule has 0 atom stereocenters. The van der Waals surface area contributed by atoms with E-state index in [2.05, 4.69) is 5.32 Å². The number of hydrogen-bond acceptors (Lipinski definition) is 3. The molecule has 128 valence electrons. The van der Waals surface area contributed by atoms with Crippen LogP contribution in [0.3, 0.4) is 0 Å². The minimum Gasteiger partial charge on any atom is -0.381 e. The Balaban J connectivity index is 1.41. The molecule has 4 bridgehead atoms. The van der Waals surface area contributed by atoms with Crippen LogP contribution in [0, 0.1) is 35.0 Å². The van der Waals surface area contributed by atoms with Crippen molar-refractivity contribution in [1.29, 1.82) is 0 Å². The number of carbonyl (C=O) groups is 2. The van der Waals surface area contributed by atoms with E-state index in [9.17, 15) is 9.59 Å². The molecule has 23 heavy (non-hydrogen) atoms.